The van der Waals surface area contributed by atoms with Gasteiger partial charge in [-0.15, -0.1) is 0 Å². The smallest absolute Gasteiger partial charge is 0.333 e. The second-order valence-corrected chi connectivity index (χ2v) is 9.45. The summed E-state index contributed by atoms with van der Waals surface area (Å²) in [6.07, 6.45) is 6.81. The van der Waals surface area contributed by atoms with Gasteiger partial charge in [-0.3, -0.25) is 4.98 Å². The molecule has 0 radical (unpaired) electrons. The summed E-state index contributed by atoms with van der Waals surface area (Å²) in [6, 6.07) is 7.27. The number of benzene rings is 1. The highest BCUT2D eigenvalue weighted by atomic mass is 19.3. The van der Waals surface area contributed by atoms with E-state index in [1.54, 1.807) is 32.5 Å². The number of halogens is 2. The van der Waals surface area contributed by atoms with Crippen LogP contribution in [0.4, 0.5) is 20.5 Å². The number of nitrogens with one attached hydrogen (secondary N) is 2. The molecule has 3 aromatic heterocycles. The second kappa shape index (κ2) is 12.2. The third-order valence-corrected chi connectivity index (χ3v) is 6.45. The van der Waals surface area contributed by atoms with Crippen LogP contribution >= 0.6 is 0 Å². The first-order chi connectivity index (χ1) is 18.8. The zero-order valence-corrected chi connectivity index (χ0v) is 22.4. The highest BCUT2D eigenvalue weighted by molar-refractivity contribution is 5.89. The van der Waals surface area contributed by atoms with Crippen molar-refractivity contribution in [2.24, 2.45) is 0 Å². The number of nitrogens with zero attached hydrogens (tertiary/aromatic N) is 5. The number of aliphatic hydroxyl groups is 1. The van der Waals surface area contributed by atoms with Crippen LogP contribution in [0.1, 0.15) is 45.2 Å². The number of hydrogen-bond donors (Lipinski definition) is 3. The minimum absolute atomic E-state index is 0.102. The highest BCUT2D eigenvalue weighted by Crippen LogP contribution is 2.30. The van der Waals surface area contributed by atoms with E-state index in [2.05, 4.69) is 37.6 Å². The molecule has 10 nitrogen and oxygen atoms in total. The van der Waals surface area contributed by atoms with Gasteiger partial charge in [0.05, 0.1) is 38.1 Å². The Balaban J connectivity index is 1.72. The molecule has 39 heavy (non-hydrogen) atoms. The Labute approximate surface area is 225 Å². The van der Waals surface area contributed by atoms with E-state index in [1.165, 1.54) is 12.4 Å². The van der Waals surface area contributed by atoms with Gasteiger partial charge in [-0.25, -0.2) is 9.67 Å². The molecule has 12 heteroatoms. The number of alkyl halides is 2. The van der Waals surface area contributed by atoms with Crippen molar-refractivity contribution in [1.29, 1.82) is 0 Å². The third kappa shape index (κ3) is 6.51. The van der Waals surface area contributed by atoms with Crippen LogP contribution in [0.3, 0.4) is 0 Å². The molecule has 4 rings (SSSR count). The normalized spacial score (nSPS) is 12.9. The van der Waals surface area contributed by atoms with Gasteiger partial charge in [-0.1, -0.05) is 19.8 Å². The number of methoxy groups -OCH3 is 2. The van der Waals surface area contributed by atoms with Crippen molar-refractivity contribution >= 4 is 22.8 Å². The third-order valence-electron chi connectivity index (χ3n) is 6.45. The molecule has 0 amide bonds. The van der Waals surface area contributed by atoms with Crippen LogP contribution in [-0.2, 0) is 6.54 Å². The molecule has 0 saturated carbocycles. The molecule has 1 aromatic carbocycles. The molecule has 0 aliphatic carbocycles. The fourth-order valence-electron chi connectivity index (χ4n) is 4.14. The van der Waals surface area contributed by atoms with Gasteiger partial charge in [0.25, 0.3) is 0 Å². The van der Waals surface area contributed by atoms with Gasteiger partial charge in [0, 0.05) is 41.7 Å². The lowest BCUT2D eigenvalue weighted by Crippen LogP contribution is -2.39. The van der Waals surface area contributed by atoms with E-state index in [-0.39, 0.29) is 6.61 Å². The van der Waals surface area contributed by atoms with E-state index in [9.17, 15) is 13.9 Å². The van der Waals surface area contributed by atoms with Crippen LogP contribution in [0.2, 0.25) is 0 Å². The van der Waals surface area contributed by atoms with E-state index >= 15 is 0 Å². The Morgan fingerprint density at radius 1 is 1.10 bits per heavy atom. The molecule has 0 aliphatic rings. The first kappa shape index (κ1) is 28.0. The summed E-state index contributed by atoms with van der Waals surface area (Å²) < 4.78 is 37.5. The summed E-state index contributed by atoms with van der Waals surface area (Å²) >= 11 is 0. The van der Waals surface area contributed by atoms with Crippen LogP contribution in [-0.4, -0.2) is 56.2 Å². The van der Waals surface area contributed by atoms with E-state index in [0.717, 1.165) is 24.8 Å². The molecule has 0 saturated heterocycles. The minimum atomic E-state index is -2.74. The lowest BCUT2D eigenvalue weighted by atomic mass is 9.96. The predicted octanol–water partition coefficient (Wildman–Crippen LogP) is 5.27. The number of aliphatic hydroxyl groups excluding tert-OH is 1. The molecule has 0 spiro atoms. The van der Waals surface area contributed by atoms with Gasteiger partial charge in [-0.05, 0) is 31.5 Å². The van der Waals surface area contributed by atoms with Crippen LogP contribution in [0.5, 0.6) is 11.5 Å². The summed E-state index contributed by atoms with van der Waals surface area (Å²) in [4.78, 5) is 13.9. The topological polar surface area (TPSA) is 119 Å². The van der Waals surface area contributed by atoms with E-state index < -0.39 is 12.1 Å². The average molecular weight is 542 g/mol. The number of anilines is 2. The average Bonchev–Trinajstić information content (AvgIpc) is 3.45. The van der Waals surface area contributed by atoms with E-state index in [1.807, 2.05) is 19.1 Å². The first-order valence-corrected chi connectivity index (χ1v) is 12.6. The molecule has 0 fully saturated rings. The summed E-state index contributed by atoms with van der Waals surface area (Å²) in [7, 11) is 3.17. The Morgan fingerprint density at radius 2 is 1.92 bits per heavy atom. The Bertz CT molecular complexity index is 1420. The molecule has 208 valence electrons. The number of unbranched alkanes of at least 4 members (excludes halogenated alkanes) is 1. The van der Waals surface area contributed by atoms with Crippen LogP contribution in [0, 0.1) is 0 Å². The standard InChI is InChI=1S/C27H33F2N7O3/c1-5-6-9-27(2,16-37)35-24-23-21(10-18(13-30-23)19-14-32-36(15-19)25(28)29)33-26(34-24)31-12-17-7-8-20(38-3)11-22(17)39-4/h7-8,10-11,13-15,25,37H,5-6,9,12,16H2,1-4H3,(H2,31,33,34,35)/t27-/m1/s1. The SMILES string of the molecule is CCCC[C@](C)(CO)Nc1nc(NCc2ccc(OC)cc2OC)nc2cc(-c3cnn(C(F)F)c3)cnc12. The van der Waals surface area contributed by atoms with E-state index in [4.69, 9.17) is 9.47 Å². The largest absolute Gasteiger partial charge is 0.497 e. The van der Waals surface area contributed by atoms with Crippen molar-refractivity contribution in [2.75, 3.05) is 31.5 Å². The number of fused-ring (bicyclic) bond motifs is 1. The molecule has 3 N–H and O–H groups in total. The predicted molar refractivity (Wildman–Crippen MR) is 145 cm³/mol. The quantitative estimate of drug-likeness (QED) is 0.208. The number of aromatic nitrogens is 5. The molecule has 0 bridgehead atoms. The first-order valence-electron chi connectivity index (χ1n) is 12.6. The van der Waals surface area contributed by atoms with Crippen molar-refractivity contribution in [3.63, 3.8) is 0 Å². The number of ether oxygens (including phenoxy) is 2. The molecular formula is C27H33F2N7O3. The zero-order valence-electron chi connectivity index (χ0n) is 22.4. The van der Waals surface area contributed by atoms with Crippen molar-refractivity contribution in [2.45, 2.75) is 51.7 Å². The van der Waals surface area contributed by atoms with Gasteiger partial charge in [0.1, 0.15) is 17.0 Å². The van der Waals surface area contributed by atoms with Gasteiger partial charge < -0.3 is 25.2 Å². The molecule has 0 aliphatic heterocycles. The van der Waals surface area contributed by atoms with Gasteiger partial charge in [0.2, 0.25) is 5.95 Å². The maximum Gasteiger partial charge on any atom is 0.333 e. The van der Waals surface area contributed by atoms with Gasteiger partial charge >= 0.3 is 6.55 Å². The van der Waals surface area contributed by atoms with Crippen molar-refractivity contribution in [3.05, 3.63) is 48.4 Å². The molecule has 4 aromatic rings. The zero-order chi connectivity index (χ0) is 28.0. The van der Waals surface area contributed by atoms with Gasteiger partial charge in [0.15, 0.2) is 5.82 Å². The maximum absolute atomic E-state index is 13.1. The number of hydrogen-bond acceptors (Lipinski definition) is 9. The van der Waals surface area contributed by atoms with Gasteiger partial charge in [-0.2, -0.15) is 18.9 Å². The minimum Gasteiger partial charge on any atom is -0.497 e. The molecule has 1 atom stereocenters. The van der Waals surface area contributed by atoms with Crippen molar-refractivity contribution < 1.29 is 23.4 Å². The van der Waals surface area contributed by atoms with Crippen LogP contribution < -0.4 is 20.1 Å². The monoisotopic (exact) mass is 541 g/mol. The highest BCUT2D eigenvalue weighted by Gasteiger charge is 2.25. The molecule has 0 unspecified atom stereocenters. The lowest BCUT2D eigenvalue weighted by Gasteiger charge is -2.29. The van der Waals surface area contributed by atoms with Crippen molar-refractivity contribution in [3.8, 4) is 22.6 Å². The number of pyridine rings is 1. The van der Waals surface area contributed by atoms with E-state index in [0.29, 0.717) is 56.7 Å². The van der Waals surface area contributed by atoms with Crippen molar-refractivity contribution in [1.82, 2.24) is 24.7 Å². The fourth-order valence-corrected chi connectivity index (χ4v) is 4.14. The van der Waals surface area contributed by atoms with Crippen LogP contribution in [0.25, 0.3) is 22.2 Å². The Morgan fingerprint density at radius 3 is 2.59 bits per heavy atom. The summed E-state index contributed by atoms with van der Waals surface area (Å²) in [6.45, 7) is 1.54. The molecule has 3 heterocycles. The molecular weight excluding hydrogens is 508 g/mol. The summed E-state index contributed by atoms with van der Waals surface area (Å²) in [5, 5.41) is 20.5. The Hall–Kier alpha value is -4.06. The maximum atomic E-state index is 13.1. The fraction of sp³-hybridized carbons (Fsp3) is 0.407. The number of rotatable bonds is 13. The summed E-state index contributed by atoms with van der Waals surface area (Å²) in [5.41, 5.74) is 2.28. The Kier molecular flexibility index (Phi) is 8.75. The lowest BCUT2D eigenvalue weighted by molar-refractivity contribution is 0.0566. The van der Waals surface area contributed by atoms with Crippen LogP contribution in [0.15, 0.2) is 42.9 Å². The second-order valence-electron chi connectivity index (χ2n) is 9.45. The summed E-state index contributed by atoms with van der Waals surface area (Å²) in [5.74, 6) is 2.09.